The number of hydrogen-bond donors (Lipinski definition) is 1. The molecule has 0 saturated carbocycles. The van der Waals surface area contributed by atoms with Crippen molar-refractivity contribution in [3.63, 3.8) is 0 Å². The summed E-state index contributed by atoms with van der Waals surface area (Å²) in [6.45, 7) is 5.85. The van der Waals surface area contributed by atoms with E-state index in [9.17, 15) is 9.59 Å². The van der Waals surface area contributed by atoms with Crippen LogP contribution in [0.5, 0.6) is 0 Å². The summed E-state index contributed by atoms with van der Waals surface area (Å²) < 4.78 is 1.86. The highest BCUT2D eigenvalue weighted by Gasteiger charge is 2.09. The van der Waals surface area contributed by atoms with Gasteiger partial charge in [-0.2, -0.15) is 0 Å². The maximum atomic E-state index is 11.8. The highest BCUT2D eigenvalue weighted by atomic mass is 16.4. The Bertz CT molecular complexity index is 709. The minimum atomic E-state index is -1.00. The van der Waals surface area contributed by atoms with E-state index in [1.165, 1.54) is 6.07 Å². The molecule has 0 fully saturated rings. The van der Waals surface area contributed by atoms with Gasteiger partial charge in [-0.05, 0) is 44.0 Å². The van der Waals surface area contributed by atoms with Gasteiger partial charge in [0, 0.05) is 29.2 Å². The van der Waals surface area contributed by atoms with Crippen molar-refractivity contribution in [2.45, 2.75) is 27.2 Å². The molecule has 0 amide bonds. The highest BCUT2D eigenvalue weighted by Crippen LogP contribution is 2.15. The number of aliphatic carboxylic acids is 1. The van der Waals surface area contributed by atoms with Gasteiger partial charge < -0.3 is 9.67 Å². The van der Waals surface area contributed by atoms with Crippen molar-refractivity contribution in [1.29, 1.82) is 0 Å². The predicted molar refractivity (Wildman–Crippen MR) is 77.6 cm³/mol. The van der Waals surface area contributed by atoms with Crippen molar-refractivity contribution in [1.82, 2.24) is 4.57 Å². The summed E-state index contributed by atoms with van der Waals surface area (Å²) in [7, 11) is 0. The van der Waals surface area contributed by atoms with E-state index in [1.54, 1.807) is 6.20 Å². The normalized spacial score (nSPS) is 10.6. The van der Waals surface area contributed by atoms with E-state index in [1.807, 2.05) is 37.5 Å². The maximum Gasteiger partial charge on any atom is 0.308 e. The molecular weight excluding hydrogens is 254 g/mol. The molecule has 0 aliphatic heterocycles. The first-order valence-corrected chi connectivity index (χ1v) is 6.39. The maximum absolute atomic E-state index is 11.8. The number of carboxylic acid groups (broad SMARTS) is 1. The van der Waals surface area contributed by atoms with Gasteiger partial charge in [0.15, 0.2) is 5.43 Å². The second kappa shape index (κ2) is 5.33. The molecule has 4 heteroatoms. The van der Waals surface area contributed by atoms with Crippen LogP contribution >= 0.6 is 0 Å². The molecule has 1 heterocycles. The van der Waals surface area contributed by atoms with E-state index in [4.69, 9.17) is 5.11 Å². The molecule has 2 rings (SSSR count). The lowest BCUT2D eigenvalue weighted by Gasteiger charge is -2.14. The number of rotatable bonds is 3. The van der Waals surface area contributed by atoms with Crippen molar-refractivity contribution in [3.05, 3.63) is 63.1 Å². The number of aryl methyl sites for hydroxylation is 3. The summed E-state index contributed by atoms with van der Waals surface area (Å²) in [6.07, 6.45) is 1.36. The molecule has 0 aliphatic carbocycles. The standard InChI is InChI=1S/C16H17NO3/c1-10-4-11(2)6-14(5-10)17-9-13(8-16(19)20)15(18)7-12(17)3/h4-7,9H,8H2,1-3H3,(H,19,20). The van der Waals surface area contributed by atoms with Gasteiger partial charge in [-0.3, -0.25) is 9.59 Å². The third-order valence-corrected chi connectivity index (χ3v) is 3.15. The molecule has 0 saturated heterocycles. The zero-order chi connectivity index (χ0) is 14.9. The quantitative estimate of drug-likeness (QED) is 0.932. The fourth-order valence-electron chi connectivity index (χ4n) is 2.34. The van der Waals surface area contributed by atoms with Crippen LogP contribution in [0.1, 0.15) is 22.4 Å². The fourth-order valence-corrected chi connectivity index (χ4v) is 2.34. The van der Waals surface area contributed by atoms with Crippen molar-refractivity contribution >= 4 is 5.97 Å². The molecular formula is C16H17NO3. The third kappa shape index (κ3) is 2.96. The van der Waals surface area contributed by atoms with Crippen molar-refractivity contribution < 1.29 is 9.90 Å². The van der Waals surface area contributed by atoms with Gasteiger partial charge in [0.25, 0.3) is 0 Å². The number of aromatic nitrogens is 1. The topological polar surface area (TPSA) is 59.3 Å². The Hall–Kier alpha value is -2.36. The van der Waals surface area contributed by atoms with Gasteiger partial charge in [-0.15, -0.1) is 0 Å². The molecule has 0 unspecified atom stereocenters. The first kappa shape index (κ1) is 14.1. The Kier molecular flexibility index (Phi) is 3.74. The van der Waals surface area contributed by atoms with E-state index in [0.29, 0.717) is 5.56 Å². The molecule has 104 valence electrons. The molecule has 1 aromatic heterocycles. The summed E-state index contributed by atoms with van der Waals surface area (Å²) in [4.78, 5) is 22.6. The Morgan fingerprint density at radius 2 is 1.70 bits per heavy atom. The Balaban J connectivity index is 2.61. The van der Waals surface area contributed by atoms with Gasteiger partial charge in [0.1, 0.15) is 0 Å². The number of hydrogen-bond acceptors (Lipinski definition) is 2. The number of benzene rings is 1. The summed E-state index contributed by atoms with van der Waals surface area (Å²) in [5, 5.41) is 8.86. The zero-order valence-electron chi connectivity index (χ0n) is 11.8. The first-order chi connectivity index (χ1) is 9.36. The molecule has 2 aromatic rings. The van der Waals surface area contributed by atoms with Crippen molar-refractivity contribution in [2.24, 2.45) is 0 Å². The first-order valence-electron chi connectivity index (χ1n) is 6.39. The predicted octanol–water partition coefficient (Wildman–Crippen LogP) is 2.39. The summed E-state index contributed by atoms with van der Waals surface area (Å²) in [5.74, 6) is -1.00. The fraction of sp³-hybridized carbons (Fsp3) is 0.250. The third-order valence-electron chi connectivity index (χ3n) is 3.15. The van der Waals surface area contributed by atoms with E-state index in [-0.39, 0.29) is 11.8 Å². The molecule has 0 spiro atoms. The van der Waals surface area contributed by atoms with Crippen LogP contribution in [0, 0.1) is 20.8 Å². The average molecular weight is 271 g/mol. The average Bonchev–Trinajstić information content (AvgIpc) is 2.30. The summed E-state index contributed by atoms with van der Waals surface area (Å²) in [5.41, 5.74) is 4.03. The van der Waals surface area contributed by atoms with E-state index in [0.717, 1.165) is 22.5 Å². The van der Waals surface area contributed by atoms with Gasteiger partial charge in [0.2, 0.25) is 0 Å². The molecule has 0 aliphatic rings. The minimum Gasteiger partial charge on any atom is -0.481 e. The van der Waals surface area contributed by atoms with Gasteiger partial charge >= 0.3 is 5.97 Å². The molecule has 1 N–H and O–H groups in total. The van der Waals surface area contributed by atoms with Crippen LogP contribution in [-0.4, -0.2) is 15.6 Å². The molecule has 1 aromatic carbocycles. The SMILES string of the molecule is Cc1cc(C)cc(-n2cc(CC(=O)O)c(=O)cc2C)c1. The Morgan fingerprint density at radius 3 is 2.25 bits per heavy atom. The molecule has 0 radical (unpaired) electrons. The second-order valence-corrected chi connectivity index (χ2v) is 5.09. The zero-order valence-corrected chi connectivity index (χ0v) is 11.8. The van der Waals surface area contributed by atoms with Crippen LogP contribution in [0.2, 0.25) is 0 Å². The molecule has 0 atom stereocenters. The largest absolute Gasteiger partial charge is 0.481 e. The number of carboxylic acids is 1. The summed E-state index contributed by atoms with van der Waals surface area (Å²) >= 11 is 0. The van der Waals surface area contributed by atoms with E-state index in [2.05, 4.69) is 6.07 Å². The monoisotopic (exact) mass is 271 g/mol. The lowest BCUT2D eigenvalue weighted by molar-refractivity contribution is -0.136. The Morgan fingerprint density at radius 1 is 1.10 bits per heavy atom. The highest BCUT2D eigenvalue weighted by molar-refractivity contribution is 5.70. The van der Waals surface area contributed by atoms with Crippen LogP contribution in [-0.2, 0) is 11.2 Å². The van der Waals surface area contributed by atoms with Crippen LogP contribution in [0.25, 0.3) is 5.69 Å². The van der Waals surface area contributed by atoms with Crippen LogP contribution < -0.4 is 5.43 Å². The van der Waals surface area contributed by atoms with E-state index >= 15 is 0 Å². The Labute approximate surface area is 117 Å². The van der Waals surface area contributed by atoms with Crippen molar-refractivity contribution in [3.8, 4) is 5.69 Å². The lowest BCUT2D eigenvalue weighted by Crippen LogP contribution is -2.17. The van der Waals surface area contributed by atoms with Gasteiger partial charge in [-0.25, -0.2) is 0 Å². The second-order valence-electron chi connectivity index (χ2n) is 5.09. The van der Waals surface area contributed by atoms with Crippen LogP contribution in [0.15, 0.2) is 35.3 Å². The minimum absolute atomic E-state index is 0.231. The number of carbonyl (C=O) groups is 1. The van der Waals surface area contributed by atoms with E-state index < -0.39 is 5.97 Å². The summed E-state index contributed by atoms with van der Waals surface area (Å²) in [6, 6.07) is 7.57. The number of pyridine rings is 1. The van der Waals surface area contributed by atoms with Crippen molar-refractivity contribution in [2.75, 3.05) is 0 Å². The molecule has 20 heavy (non-hydrogen) atoms. The number of nitrogens with zero attached hydrogens (tertiary/aromatic N) is 1. The smallest absolute Gasteiger partial charge is 0.308 e. The van der Waals surface area contributed by atoms with Gasteiger partial charge in [-0.1, -0.05) is 6.07 Å². The molecule has 0 bridgehead atoms. The van der Waals surface area contributed by atoms with Crippen LogP contribution in [0.4, 0.5) is 0 Å². The molecule has 4 nitrogen and oxygen atoms in total. The van der Waals surface area contributed by atoms with Crippen LogP contribution in [0.3, 0.4) is 0 Å². The lowest BCUT2D eigenvalue weighted by atomic mass is 10.1. The van der Waals surface area contributed by atoms with Gasteiger partial charge in [0.05, 0.1) is 6.42 Å².